The van der Waals surface area contributed by atoms with Gasteiger partial charge >= 0.3 is 0 Å². The van der Waals surface area contributed by atoms with Gasteiger partial charge in [0.25, 0.3) is 11.6 Å². The van der Waals surface area contributed by atoms with Crippen molar-refractivity contribution in [3.05, 3.63) is 105 Å². The maximum Gasteiger partial charge on any atom is 0.271 e. The van der Waals surface area contributed by atoms with Crippen LogP contribution in [0.2, 0.25) is 0 Å². The lowest BCUT2D eigenvalue weighted by atomic mass is 10.2. The molecule has 0 aliphatic carbocycles. The molecule has 0 saturated carbocycles. The van der Waals surface area contributed by atoms with Gasteiger partial charge in [-0.05, 0) is 73.6 Å². The molecule has 0 bridgehead atoms. The molecule has 1 heterocycles. The maximum absolute atomic E-state index is 13.3. The minimum Gasteiger partial charge on any atom is -0.268 e. The first-order valence-corrected chi connectivity index (χ1v) is 10.4. The number of non-ortho nitro benzene ring substituents is 1. The largest absolute Gasteiger partial charge is 0.271 e. The van der Waals surface area contributed by atoms with Gasteiger partial charge in [0, 0.05) is 12.1 Å². The molecule has 1 aliphatic heterocycles. The molecule has 3 aromatic carbocycles. The molecule has 31 heavy (non-hydrogen) atoms. The second-order valence-corrected chi connectivity index (χ2v) is 8.17. The Labute approximate surface area is 184 Å². The number of thioether (sulfide) groups is 1. The molecule has 154 valence electrons. The third-order valence-corrected chi connectivity index (χ3v) is 5.73. The summed E-state index contributed by atoms with van der Waals surface area (Å²) in [6.07, 6.45) is 1.73. The lowest BCUT2D eigenvalue weighted by molar-refractivity contribution is -0.384. The average molecular weight is 430 g/mol. The van der Waals surface area contributed by atoms with Crippen LogP contribution in [0.4, 0.5) is 17.1 Å². The van der Waals surface area contributed by atoms with Crippen LogP contribution in [0.5, 0.6) is 0 Å². The molecular weight excluding hydrogens is 410 g/mol. The van der Waals surface area contributed by atoms with Crippen molar-refractivity contribution in [2.45, 2.75) is 13.8 Å². The fourth-order valence-corrected chi connectivity index (χ4v) is 4.04. The molecule has 7 heteroatoms. The van der Waals surface area contributed by atoms with Crippen molar-refractivity contribution in [2.24, 2.45) is 4.99 Å². The van der Waals surface area contributed by atoms with E-state index in [0.717, 1.165) is 22.5 Å². The highest BCUT2D eigenvalue weighted by Gasteiger charge is 2.34. The lowest BCUT2D eigenvalue weighted by Gasteiger charge is -2.16. The number of carbonyl (C=O) groups excluding carboxylic acids is 1. The van der Waals surface area contributed by atoms with Gasteiger partial charge in [0.15, 0.2) is 5.17 Å². The van der Waals surface area contributed by atoms with Gasteiger partial charge in [0.1, 0.15) is 0 Å². The number of nitro benzene ring substituents is 1. The quantitative estimate of drug-likeness (QED) is 0.289. The third-order valence-electron chi connectivity index (χ3n) is 4.76. The van der Waals surface area contributed by atoms with E-state index in [1.54, 1.807) is 23.1 Å². The molecule has 6 nitrogen and oxygen atoms in total. The normalized spacial score (nSPS) is 16.3. The van der Waals surface area contributed by atoms with Gasteiger partial charge in [-0.1, -0.05) is 35.4 Å². The van der Waals surface area contributed by atoms with E-state index in [-0.39, 0.29) is 11.6 Å². The Balaban J connectivity index is 1.73. The minimum absolute atomic E-state index is 0.00968. The van der Waals surface area contributed by atoms with E-state index in [0.29, 0.717) is 15.6 Å². The van der Waals surface area contributed by atoms with Crippen LogP contribution in [0.3, 0.4) is 0 Å². The first-order valence-electron chi connectivity index (χ1n) is 9.61. The van der Waals surface area contributed by atoms with Crippen LogP contribution in [0, 0.1) is 24.0 Å². The number of amides is 1. The van der Waals surface area contributed by atoms with E-state index >= 15 is 0 Å². The van der Waals surface area contributed by atoms with Crippen LogP contribution < -0.4 is 4.90 Å². The number of carbonyl (C=O) groups is 1. The van der Waals surface area contributed by atoms with Crippen molar-refractivity contribution in [3.63, 3.8) is 0 Å². The summed E-state index contributed by atoms with van der Waals surface area (Å²) in [6.45, 7) is 4.00. The molecule has 1 saturated heterocycles. The van der Waals surface area contributed by atoms with E-state index < -0.39 is 4.92 Å². The molecule has 4 rings (SSSR count). The molecule has 0 aromatic heterocycles. The number of hydrogen-bond donors (Lipinski definition) is 0. The molecule has 0 unspecified atom stereocenters. The van der Waals surface area contributed by atoms with Crippen LogP contribution in [-0.2, 0) is 4.79 Å². The zero-order chi connectivity index (χ0) is 22.0. The van der Waals surface area contributed by atoms with Crippen molar-refractivity contribution in [2.75, 3.05) is 4.90 Å². The Morgan fingerprint density at radius 2 is 1.48 bits per heavy atom. The van der Waals surface area contributed by atoms with Crippen molar-refractivity contribution in [1.29, 1.82) is 0 Å². The SMILES string of the molecule is Cc1ccc(N=C2S/C(=C/c3ccc([N+](=O)[O-])cc3)C(=O)N2c2ccc(C)cc2)cc1. The van der Waals surface area contributed by atoms with Gasteiger partial charge in [-0.15, -0.1) is 0 Å². The summed E-state index contributed by atoms with van der Waals surface area (Å²) in [4.78, 5) is 30.5. The number of aryl methyl sites for hydroxylation is 2. The van der Waals surface area contributed by atoms with Crippen molar-refractivity contribution in [1.82, 2.24) is 0 Å². The number of anilines is 1. The van der Waals surface area contributed by atoms with E-state index in [1.807, 2.05) is 62.4 Å². The van der Waals surface area contributed by atoms with Crippen LogP contribution in [-0.4, -0.2) is 16.0 Å². The predicted octanol–water partition coefficient (Wildman–Crippen LogP) is 6.02. The summed E-state index contributed by atoms with van der Waals surface area (Å²) < 4.78 is 0. The number of nitrogens with zero attached hydrogens (tertiary/aromatic N) is 3. The molecule has 0 N–H and O–H groups in total. The summed E-state index contributed by atoms with van der Waals surface area (Å²) in [6, 6.07) is 21.6. The van der Waals surface area contributed by atoms with Gasteiger partial charge in [0.2, 0.25) is 0 Å². The highest BCUT2D eigenvalue weighted by molar-refractivity contribution is 8.19. The van der Waals surface area contributed by atoms with E-state index in [9.17, 15) is 14.9 Å². The number of amidine groups is 1. The summed E-state index contributed by atoms with van der Waals surface area (Å²) in [5, 5.41) is 11.4. The van der Waals surface area contributed by atoms with Gasteiger partial charge in [-0.2, -0.15) is 0 Å². The fraction of sp³-hybridized carbons (Fsp3) is 0.0833. The Morgan fingerprint density at radius 1 is 0.903 bits per heavy atom. The van der Waals surface area contributed by atoms with E-state index in [2.05, 4.69) is 0 Å². The van der Waals surface area contributed by atoms with Gasteiger partial charge in [-0.3, -0.25) is 19.8 Å². The molecule has 0 spiro atoms. The van der Waals surface area contributed by atoms with Crippen molar-refractivity contribution in [3.8, 4) is 0 Å². The van der Waals surface area contributed by atoms with Crippen LogP contribution in [0.15, 0.2) is 82.7 Å². The first-order chi connectivity index (χ1) is 14.9. The Bertz CT molecular complexity index is 1200. The van der Waals surface area contributed by atoms with Crippen LogP contribution in [0.1, 0.15) is 16.7 Å². The monoisotopic (exact) mass is 429 g/mol. The maximum atomic E-state index is 13.3. The highest BCUT2D eigenvalue weighted by atomic mass is 32.2. The van der Waals surface area contributed by atoms with E-state index in [1.165, 1.54) is 23.9 Å². The lowest BCUT2D eigenvalue weighted by Crippen LogP contribution is -2.28. The average Bonchev–Trinajstić information content (AvgIpc) is 3.05. The molecule has 0 radical (unpaired) electrons. The molecule has 1 amide bonds. The fourth-order valence-electron chi connectivity index (χ4n) is 3.04. The van der Waals surface area contributed by atoms with Gasteiger partial charge in [-0.25, -0.2) is 4.99 Å². The third kappa shape index (κ3) is 4.57. The molecule has 3 aromatic rings. The summed E-state index contributed by atoms with van der Waals surface area (Å²) in [7, 11) is 0. The molecular formula is C24H19N3O3S. The topological polar surface area (TPSA) is 75.8 Å². The summed E-state index contributed by atoms with van der Waals surface area (Å²) in [5.74, 6) is -0.182. The predicted molar refractivity (Wildman–Crippen MR) is 126 cm³/mol. The Hall–Kier alpha value is -3.71. The standard InChI is InChI=1S/C24H19N3O3S/c1-16-3-9-19(10-4-16)25-24-26(20-11-5-17(2)6-12-20)23(28)22(31-24)15-18-7-13-21(14-8-18)27(29)30/h3-15H,1-2H3/b22-15+,25-24?. The number of nitro groups is 1. The number of aliphatic imine (C=N–C) groups is 1. The van der Waals surface area contributed by atoms with Crippen LogP contribution in [0.25, 0.3) is 6.08 Å². The summed E-state index contributed by atoms with van der Waals surface area (Å²) >= 11 is 1.28. The minimum atomic E-state index is -0.447. The zero-order valence-electron chi connectivity index (χ0n) is 17.0. The second kappa shape index (κ2) is 8.57. The number of benzene rings is 3. The van der Waals surface area contributed by atoms with Crippen molar-refractivity contribution < 1.29 is 9.72 Å². The molecule has 0 atom stereocenters. The highest BCUT2D eigenvalue weighted by Crippen LogP contribution is 2.37. The molecule has 1 fully saturated rings. The van der Waals surface area contributed by atoms with E-state index in [4.69, 9.17) is 4.99 Å². The van der Waals surface area contributed by atoms with Crippen molar-refractivity contribution >= 4 is 46.0 Å². The second-order valence-electron chi connectivity index (χ2n) is 7.17. The first kappa shape index (κ1) is 20.6. The number of hydrogen-bond acceptors (Lipinski definition) is 5. The van der Waals surface area contributed by atoms with Gasteiger partial charge < -0.3 is 0 Å². The Kier molecular flexibility index (Phi) is 5.68. The number of rotatable bonds is 4. The van der Waals surface area contributed by atoms with Crippen LogP contribution >= 0.6 is 11.8 Å². The zero-order valence-corrected chi connectivity index (χ0v) is 17.8. The van der Waals surface area contributed by atoms with Gasteiger partial charge in [0.05, 0.1) is 21.2 Å². The smallest absolute Gasteiger partial charge is 0.268 e. The Morgan fingerprint density at radius 3 is 2.06 bits per heavy atom. The molecule has 1 aliphatic rings. The summed E-state index contributed by atoms with van der Waals surface area (Å²) in [5.41, 5.74) is 4.45.